The maximum Gasteiger partial charge on any atom is 0.500 e. The second-order valence-electron chi connectivity index (χ2n) is 5.48. The molecule has 0 unspecified atom stereocenters. The minimum Gasteiger partial charge on any atom is -0.462 e. The molecule has 0 atom stereocenters. The van der Waals surface area contributed by atoms with Gasteiger partial charge in [-0.3, -0.25) is 0 Å². The number of rotatable bonds is 14. The third-order valence-corrected chi connectivity index (χ3v) is 8.63. The molecule has 0 saturated carbocycles. The molecule has 0 saturated heterocycles. The van der Waals surface area contributed by atoms with E-state index in [1.54, 1.807) is 28.3 Å². The number of esters is 1. The molecule has 0 heterocycles. The van der Waals surface area contributed by atoms with Crippen LogP contribution in [-0.2, 0) is 36.1 Å². The molecular weight excluding hydrogens is 388 g/mol. The van der Waals surface area contributed by atoms with Gasteiger partial charge in [0, 0.05) is 59.3 Å². The topological polar surface area (TPSA) is 81.7 Å². The van der Waals surface area contributed by atoms with Crippen LogP contribution >= 0.6 is 0 Å². The lowest BCUT2D eigenvalue weighted by molar-refractivity contribution is -0.139. The van der Waals surface area contributed by atoms with E-state index in [2.05, 4.69) is 6.58 Å². The maximum absolute atomic E-state index is 11.1. The predicted molar refractivity (Wildman–Crippen MR) is 108 cm³/mol. The van der Waals surface area contributed by atoms with E-state index in [0.29, 0.717) is 44.5 Å². The minimum absolute atomic E-state index is 0.316. The lowest BCUT2D eigenvalue weighted by Gasteiger charge is -2.24. The van der Waals surface area contributed by atoms with Gasteiger partial charge in [-0.2, -0.15) is 0 Å². The third-order valence-electron chi connectivity index (χ3n) is 3.36. The van der Waals surface area contributed by atoms with Crippen LogP contribution in [0.1, 0.15) is 34.1 Å². The molecule has 0 aromatic carbocycles. The van der Waals surface area contributed by atoms with E-state index < -0.39 is 17.6 Å². The van der Waals surface area contributed by atoms with E-state index in [9.17, 15) is 4.79 Å². The molecular formula is C17H38O8Si2. The summed E-state index contributed by atoms with van der Waals surface area (Å²) in [6.07, 6.45) is 0.640. The molecule has 162 valence electrons. The molecule has 0 aliphatic rings. The Morgan fingerprint density at radius 3 is 1.59 bits per heavy atom. The third kappa shape index (κ3) is 13.3. The van der Waals surface area contributed by atoms with E-state index in [1.165, 1.54) is 0 Å². The van der Waals surface area contributed by atoms with Crippen molar-refractivity contribution in [3.8, 4) is 0 Å². The Morgan fingerprint density at radius 1 is 0.889 bits per heavy atom. The molecule has 0 aromatic rings. The highest BCUT2D eigenvalue weighted by atomic mass is 28.4. The zero-order valence-corrected chi connectivity index (χ0v) is 20.2. The molecule has 0 rings (SSSR count). The van der Waals surface area contributed by atoms with Gasteiger partial charge in [0.05, 0.1) is 6.61 Å². The first kappa shape index (κ1) is 28.6. The van der Waals surface area contributed by atoms with Gasteiger partial charge in [0.25, 0.3) is 0 Å². The summed E-state index contributed by atoms with van der Waals surface area (Å²) in [6, 6.07) is 0.611. The fourth-order valence-electron chi connectivity index (χ4n) is 2.04. The van der Waals surface area contributed by atoms with Crippen LogP contribution in [0.5, 0.6) is 0 Å². The molecule has 8 nitrogen and oxygen atoms in total. The molecule has 0 radical (unpaired) electrons. The van der Waals surface area contributed by atoms with Crippen molar-refractivity contribution in [1.29, 1.82) is 0 Å². The van der Waals surface area contributed by atoms with Gasteiger partial charge >= 0.3 is 23.6 Å². The molecule has 10 heteroatoms. The van der Waals surface area contributed by atoms with Crippen LogP contribution in [0, 0.1) is 0 Å². The lowest BCUT2D eigenvalue weighted by Crippen LogP contribution is -2.42. The molecule has 0 aliphatic heterocycles. The first-order valence-electron chi connectivity index (χ1n) is 9.09. The largest absolute Gasteiger partial charge is 0.500 e. The van der Waals surface area contributed by atoms with Crippen molar-refractivity contribution in [2.75, 3.05) is 47.8 Å². The van der Waals surface area contributed by atoms with Crippen LogP contribution in [-0.4, -0.2) is 71.3 Å². The van der Waals surface area contributed by atoms with Gasteiger partial charge in [0.1, 0.15) is 0 Å². The fourth-order valence-corrected chi connectivity index (χ4v) is 5.56. The fraction of sp³-hybridized carbons (Fsp3) is 0.824. The van der Waals surface area contributed by atoms with Crippen molar-refractivity contribution in [1.82, 2.24) is 0 Å². The first-order valence-corrected chi connectivity index (χ1v) is 13.2. The van der Waals surface area contributed by atoms with Gasteiger partial charge in [-0.15, -0.1) is 0 Å². The SMILES string of the molecule is C=C(C)C(=O)OCCC[Si](OC)(OC)OC.CCO[Si](C)(OCC)OCC. The molecule has 0 aliphatic carbocycles. The van der Waals surface area contributed by atoms with Crippen LogP contribution < -0.4 is 0 Å². The highest BCUT2D eigenvalue weighted by Gasteiger charge is 2.37. The van der Waals surface area contributed by atoms with E-state index >= 15 is 0 Å². The van der Waals surface area contributed by atoms with Crippen molar-refractivity contribution < 1.29 is 36.1 Å². The van der Waals surface area contributed by atoms with E-state index in [0.717, 1.165) is 0 Å². The summed E-state index contributed by atoms with van der Waals surface area (Å²) < 4.78 is 36.8. The Labute approximate surface area is 166 Å². The quantitative estimate of drug-likeness (QED) is 0.181. The summed E-state index contributed by atoms with van der Waals surface area (Å²) in [6.45, 7) is 15.1. The predicted octanol–water partition coefficient (Wildman–Crippen LogP) is 3.04. The summed E-state index contributed by atoms with van der Waals surface area (Å²) in [5.41, 5.74) is 0.397. The monoisotopic (exact) mass is 426 g/mol. The smallest absolute Gasteiger partial charge is 0.462 e. The van der Waals surface area contributed by atoms with Gasteiger partial charge in [0.2, 0.25) is 0 Å². The van der Waals surface area contributed by atoms with E-state index in [4.69, 9.17) is 31.3 Å². The molecule has 0 fully saturated rings. The Kier molecular flexibility index (Phi) is 17.3. The van der Waals surface area contributed by atoms with Gasteiger partial charge in [-0.25, -0.2) is 4.79 Å². The summed E-state index contributed by atoms with van der Waals surface area (Å²) in [4.78, 5) is 11.1. The average Bonchev–Trinajstić information content (AvgIpc) is 2.63. The number of carbonyl (C=O) groups is 1. The van der Waals surface area contributed by atoms with Crippen LogP contribution in [0.4, 0.5) is 0 Å². The molecule has 0 aromatic heterocycles. The van der Waals surface area contributed by atoms with Crippen LogP contribution in [0.2, 0.25) is 12.6 Å². The van der Waals surface area contributed by atoms with Crippen molar-refractivity contribution in [2.45, 2.75) is 46.7 Å². The summed E-state index contributed by atoms with van der Waals surface area (Å²) in [7, 11) is -0.116. The van der Waals surface area contributed by atoms with Gasteiger partial charge in [0.15, 0.2) is 0 Å². The number of hydrogen-bond donors (Lipinski definition) is 0. The first-order chi connectivity index (χ1) is 12.7. The molecule has 0 spiro atoms. The lowest BCUT2D eigenvalue weighted by atomic mass is 10.4. The van der Waals surface area contributed by atoms with Crippen molar-refractivity contribution >= 4 is 23.6 Å². The Bertz CT molecular complexity index is 377. The van der Waals surface area contributed by atoms with E-state index in [1.807, 2.05) is 27.3 Å². The van der Waals surface area contributed by atoms with Gasteiger partial charge in [-0.1, -0.05) is 6.58 Å². The second kappa shape index (κ2) is 16.4. The van der Waals surface area contributed by atoms with Crippen LogP contribution in [0.25, 0.3) is 0 Å². The van der Waals surface area contributed by atoms with Crippen molar-refractivity contribution in [3.05, 3.63) is 12.2 Å². The summed E-state index contributed by atoms with van der Waals surface area (Å²) >= 11 is 0. The van der Waals surface area contributed by atoms with E-state index in [-0.39, 0.29) is 5.97 Å². The molecule has 0 N–H and O–H groups in total. The van der Waals surface area contributed by atoms with Crippen LogP contribution in [0.3, 0.4) is 0 Å². The van der Waals surface area contributed by atoms with Gasteiger partial charge < -0.3 is 31.3 Å². The zero-order valence-electron chi connectivity index (χ0n) is 18.2. The second-order valence-corrected chi connectivity index (χ2v) is 11.2. The standard InChI is InChI=1S/C10H20O5Si.C7H18O3Si/c1-9(2)10(11)15-7-6-8-16(12-3,13-4)14-5;1-5-8-11(4,9-6-2)10-7-3/h1,6-8H2,2-5H3;5-7H2,1-4H3. The maximum atomic E-state index is 11.1. The van der Waals surface area contributed by atoms with Crippen molar-refractivity contribution in [3.63, 3.8) is 0 Å². The highest BCUT2D eigenvalue weighted by molar-refractivity contribution is 6.60. The average molecular weight is 427 g/mol. The Hall–Kier alpha value is -0.596. The summed E-state index contributed by atoms with van der Waals surface area (Å²) in [5, 5.41) is 0. The zero-order chi connectivity index (χ0) is 21.3. The van der Waals surface area contributed by atoms with Gasteiger partial charge in [-0.05, 0) is 34.1 Å². The Morgan fingerprint density at radius 2 is 1.30 bits per heavy atom. The minimum atomic E-state index is -2.53. The number of hydrogen-bond acceptors (Lipinski definition) is 8. The highest BCUT2D eigenvalue weighted by Crippen LogP contribution is 2.15. The normalized spacial score (nSPS) is 11.6. The number of ether oxygens (including phenoxy) is 1. The Balaban J connectivity index is 0. The number of carbonyl (C=O) groups excluding carboxylic acids is 1. The molecule has 0 amide bonds. The molecule has 27 heavy (non-hydrogen) atoms. The summed E-state index contributed by atoms with van der Waals surface area (Å²) in [5.74, 6) is -0.375. The molecule has 0 bridgehead atoms. The van der Waals surface area contributed by atoms with Crippen LogP contribution in [0.15, 0.2) is 12.2 Å². The van der Waals surface area contributed by atoms with Crippen molar-refractivity contribution in [2.24, 2.45) is 0 Å².